The van der Waals surface area contributed by atoms with Gasteiger partial charge in [0, 0.05) is 12.3 Å². The third-order valence-corrected chi connectivity index (χ3v) is 3.67. The fourth-order valence-electron chi connectivity index (χ4n) is 3.06. The van der Waals surface area contributed by atoms with Crippen LogP contribution in [0.5, 0.6) is 0 Å². The molecule has 0 aromatic rings. The van der Waals surface area contributed by atoms with Crippen LogP contribution in [-0.4, -0.2) is 19.0 Å². The molecule has 1 spiro atoms. The van der Waals surface area contributed by atoms with Crippen molar-refractivity contribution in [3.63, 3.8) is 0 Å². The van der Waals surface area contributed by atoms with Crippen molar-refractivity contribution in [1.82, 2.24) is 0 Å². The van der Waals surface area contributed by atoms with Crippen LogP contribution in [0.15, 0.2) is 0 Å². The van der Waals surface area contributed by atoms with Crippen molar-refractivity contribution >= 4 is 0 Å². The van der Waals surface area contributed by atoms with Gasteiger partial charge in [0.25, 0.3) is 0 Å². The molecule has 1 heterocycles. The van der Waals surface area contributed by atoms with Crippen molar-refractivity contribution in [2.75, 3.05) is 13.2 Å². The van der Waals surface area contributed by atoms with E-state index >= 15 is 0 Å². The Morgan fingerprint density at radius 2 is 2.00 bits per heavy atom. The number of hydrogen-bond donors (Lipinski definition) is 0. The Kier molecular flexibility index (Phi) is 1.06. The summed E-state index contributed by atoms with van der Waals surface area (Å²) in [6, 6.07) is 0. The van der Waals surface area contributed by atoms with Crippen LogP contribution in [0.2, 0.25) is 0 Å². The standard InChI is InChI=1S/C9H14O2/c1-6-7-2-3-9(8(6)7)10-4-5-11-9/h6-8H,2-5H2,1H3/t6?,7-,8+/m1/s1. The second-order valence-electron chi connectivity index (χ2n) is 4.10. The molecule has 2 aliphatic carbocycles. The van der Waals surface area contributed by atoms with E-state index in [1.54, 1.807) is 0 Å². The van der Waals surface area contributed by atoms with Crippen LogP contribution in [0.1, 0.15) is 19.8 Å². The lowest BCUT2D eigenvalue weighted by molar-refractivity contribution is -0.170. The van der Waals surface area contributed by atoms with E-state index < -0.39 is 0 Å². The lowest BCUT2D eigenvalue weighted by Crippen LogP contribution is -2.30. The summed E-state index contributed by atoms with van der Waals surface area (Å²) in [5.74, 6) is 2.42. The first-order chi connectivity index (χ1) is 5.33. The molecule has 1 aliphatic heterocycles. The number of rotatable bonds is 0. The Balaban J connectivity index is 1.87. The molecule has 3 aliphatic rings. The van der Waals surface area contributed by atoms with Crippen molar-refractivity contribution in [2.45, 2.75) is 25.6 Å². The highest BCUT2D eigenvalue weighted by Gasteiger charge is 2.66. The zero-order valence-electron chi connectivity index (χ0n) is 6.88. The molecule has 0 aromatic carbocycles. The van der Waals surface area contributed by atoms with E-state index in [9.17, 15) is 0 Å². The van der Waals surface area contributed by atoms with Crippen LogP contribution in [-0.2, 0) is 9.47 Å². The number of fused-ring (bicyclic) bond motifs is 2. The zero-order chi connectivity index (χ0) is 7.47. The van der Waals surface area contributed by atoms with Gasteiger partial charge in [-0.2, -0.15) is 0 Å². The van der Waals surface area contributed by atoms with Crippen LogP contribution in [0.3, 0.4) is 0 Å². The second-order valence-corrected chi connectivity index (χ2v) is 4.10. The van der Waals surface area contributed by atoms with Crippen LogP contribution >= 0.6 is 0 Å². The van der Waals surface area contributed by atoms with Gasteiger partial charge in [-0.15, -0.1) is 0 Å². The number of ether oxygens (including phenoxy) is 2. The van der Waals surface area contributed by atoms with Gasteiger partial charge in [-0.3, -0.25) is 0 Å². The van der Waals surface area contributed by atoms with E-state index in [0.717, 1.165) is 37.4 Å². The molecule has 11 heavy (non-hydrogen) atoms. The Bertz CT molecular complexity index is 178. The summed E-state index contributed by atoms with van der Waals surface area (Å²) in [7, 11) is 0. The van der Waals surface area contributed by atoms with Gasteiger partial charge in [0.05, 0.1) is 13.2 Å². The Morgan fingerprint density at radius 3 is 2.55 bits per heavy atom. The fraction of sp³-hybridized carbons (Fsp3) is 1.00. The largest absolute Gasteiger partial charge is 0.347 e. The van der Waals surface area contributed by atoms with E-state index in [2.05, 4.69) is 6.92 Å². The van der Waals surface area contributed by atoms with Gasteiger partial charge in [-0.05, 0) is 18.3 Å². The lowest BCUT2D eigenvalue weighted by Gasteiger charge is -2.24. The summed E-state index contributed by atoms with van der Waals surface area (Å²) in [6.07, 6.45) is 2.47. The summed E-state index contributed by atoms with van der Waals surface area (Å²) in [5, 5.41) is 0. The van der Waals surface area contributed by atoms with E-state index in [1.807, 2.05) is 0 Å². The van der Waals surface area contributed by atoms with Gasteiger partial charge in [-0.1, -0.05) is 6.92 Å². The quantitative estimate of drug-likeness (QED) is 0.525. The lowest BCUT2D eigenvalue weighted by atomic mass is 10.1. The fourth-order valence-corrected chi connectivity index (χ4v) is 3.06. The molecule has 62 valence electrons. The molecule has 2 saturated carbocycles. The molecule has 2 nitrogen and oxygen atoms in total. The molecule has 3 fully saturated rings. The molecule has 0 amide bonds. The number of hydrogen-bond acceptors (Lipinski definition) is 2. The zero-order valence-corrected chi connectivity index (χ0v) is 6.88. The Morgan fingerprint density at radius 1 is 1.27 bits per heavy atom. The van der Waals surface area contributed by atoms with E-state index in [4.69, 9.17) is 9.47 Å². The van der Waals surface area contributed by atoms with Crippen molar-refractivity contribution in [3.8, 4) is 0 Å². The topological polar surface area (TPSA) is 18.5 Å². The third-order valence-electron chi connectivity index (χ3n) is 3.67. The highest BCUT2D eigenvalue weighted by Crippen LogP contribution is 2.64. The van der Waals surface area contributed by atoms with Crippen molar-refractivity contribution in [3.05, 3.63) is 0 Å². The van der Waals surface area contributed by atoms with Crippen LogP contribution in [0.25, 0.3) is 0 Å². The molecular weight excluding hydrogens is 140 g/mol. The highest BCUT2D eigenvalue weighted by molar-refractivity contribution is 5.09. The molecule has 3 atom stereocenters. The highest BCUT2D eigenvalue weighted by atomic mass is 16.7. The van der Waals surface area contributed by atoms with Crippen LogP contribution < -0.4 is 0 Å². The van der Waals surface area contributed by atoms with E-state index in [-0.39, 0.29) is 5.79 Å². The minimum Gasteiger partial charge on any atom is -0.347 e. The minimum absolute atomic E-state index is 0.107. The maximum Gasteiger partial charge on any atom is 0.171 e. The maximum atomic E-state index is 5.70. The predicted molar refractivity (Wildman–Crippen MR) is 40.0 cm³/mol. The average Bonchev–Trinajstić information content (AvgIpc) is 2.52. The molecule has 3 rings (SSSR count). The molecule has 0 radical (unpaired) electrons. The smallest absolute Gasteiger partial charge is 0.171 e. The molecule has 0 aromatic heterocycles. The second kappa shape index (κ2) is 1.80. The van der Waals surface area contributed by atoms with Gasteiger partial charge < -0.3 is 9.47 Å². The van der Waals surface area contributed by atoms with Gasteiger partial charge >= 0.3 is 0 Å². The van der Waals surface area contributed by atoms with Crippen molar-refractivity contribution in [1.29, 1.82) is 0 Å². The molecule has 1 saturated heterocycles. The Hall–Kier alpha value is -0.0800. The first kappa shape index (κ1) is 6.44. The van der Waals surface area contributed by atoms with Gasteiger partial charge in [-0.25, -0.2) is 0 Å². The van der Waals surface area contributed by atoms with E-state index in [1.165, 1.54) is 6.42 Å². The first-order valence-corrected chi connectivity index (χ1v) is 4.61. The van der Waals surface area contributed by atoms with Crippen LogP contribution in [0.4, 0.5) is 0 Å². The summed E-state index contributed by atoms with van der Waals surface area (Å²) in [6.45, 7) is 3.95. The normalized spacial score (nSPS) is 51.5. The first-order valence-electron chi connectivity index (χ1n) is 4.61. The summed E-state index contributed by atoms with van der Waals surface area (Å²) in [5.41, 5.74) is 0. The maximum absolute atomic E-state index is 5.70. The molecule has 2 heteroatoms. The SMILES string of the molecule is CC1[C@H]2CCC3(OCCO3)[C@@H]12. The summed E-state index contributed by atoms with van der Waals surface area (Å²) < 4.78 is 11.4. The van der Waals surface area contributed by atoms with Gasteiger partial charge in [0.15, 0.2) is 5.79 Å². The molecule has 0 N–H and O–H groups in total. The molecule has 0 bridgehead atoms. The minimum atomic E-state index is -0.107. The summed E-state index contributed by atoms with van der Waals surface area (Å²) >= 11 is 0. The summed E-state index contributed by atoms with van der Waals surface area (Å²) in [4.78, 5) is 0. The van der Waals surface area contributed by atoms with Gasteiger partial charge in [0.1, 0.15) is 0 Å². The molecule has 1 unspecified atom stereocenters. The predicted octanol–water partition coefficient (Wildman–Crippen LogP) is 1.41. The van der Waals surface area contributed by atoms with Crippen molar-refractivity contribution in [2.24, 2.45) is 17.8 Å². The molecular formula is C9H14O2. The average molecular weight is 154 g/mol. The van der Waals surface area contributed by atoms with Crippen molar-refractivity contribution < 1.29 is 9.47 Å². The van der Waals surface area contributed by atoms with E-state index in [0.29, 0.717) is 0 Å². The van der Waals surface area contributed by atoms with Crippen LogP contribution in [0, 0.1) is 17.8 Å². The Labute approximate surface area is 66.9 Å². The third kappa shape index (κ3) is 0.651. The van der Waals surface area contributed by atoms with Gasteiger partial charge in [0.2, 0.25) is 0 Å². The monoisotopic (exact) mass is 154 g/mol.